The fourth-order valence-electron chi connectivity index (χ4n) is 2.11. The summed E-state index contributed by atoms with van der Waals surface area (Å²) in [6, 6.07) is 1.23. The molecule has 1 radical (unpaired) electrons. The molecule has 4 rings (SSSR count). The summed E-state index contributed by atoms with van der Waals surface area (Å²) in [5.74, 6) is 0.177. The smallest absolute Gasteiger partial charge is 0.187 e. The molecule has 0 aromatic rings. The third-order valence-electron chi connectivity index (χ3n) is 3.94. The van der Waals surface area contributed by atoms with Gasteiger partial charge in [-0.25, -0.2) is 0 Å². The fraction of sp³-hybridized carbons (Fsp3) is 0.300. The topological polar surface area (TPSA) is 58.2 Å². The van der Waals surface area contributed by atoms with E-state index in [9.17, 15) is 9.59 Å². The van der Waals surface area contributed by atoms with E-state index in [1.165, 1.54) is 25.7 Å². The van der Waals surface area contributed by atoms with E-state index in [1.54, 1.807) is 24.3 Å². The summed E-state index contributed by atoms with van der Waals surface area (Å²) >= 11 is 0. The molecular formula is C20H22CuN2O2. The van der Waals surface area contributed by atoms with Crippen LogP contribution in [0.15, 0.2) is 72.2 Å². The van der Waals surface area contributed by atoms with E-state index >= 15 is 0 Å². The first-order valence-electron chi connectivity index (χ1n) is 8.43. The van der Waals surface area contributed by atoms with Crippen LogP contribution in [0.1, 0.15) is 25.7 Å². The monoisotopic (exact) mass is 385 g/mol. The second-order valence-electron chi connectivity index (χ2n) is 6.25. The molecule has 4 aliphatic rings. The average Bonchev–Trinajstić information content (AvgIpc) is 3.48. The van der Waals surface area contributed by atoms with Gasteiger partial charge >= 0.3 is 0 Å². The van der Waals surface area contributed by atoms with Crippen LogP contribution in [-0.2, 0) is 26.7 Å². The van der Waals surface area contributed by atoms with Gasteiger partial charge in [0.15, 0.2) is 11.6 Å². The number of nitrogens with one attached hydrogen (secondary N) is 2. The van der Waals surface area contributed by atoms with Crippen molar-refractivity contribution in [3.8, 4) is 0 Å². The summed E-state index contributed by atoms with van der Waals surface area (Å²) in [4.78, 5) is 22.4. The normalized spacial score (nSPS) is 24.0. The van der Waals surface area contributed by atoms with Crippen LogP contribution in [0.3, 0.4) is 0 Å². The molecule has 0 aromatic carbocycles. The molecule has 0 amide bonds. The molecule has 135 valence electrons. The molecule has 2 N–H and O–H groups in total. The van der Waals surface area contributed by atoms with Crippen molar-refractivity contribution in [3.63, 3.8) is 0 Å². The predicted molar refractivity (Wildman–Crippen MR) is 95.1 cm³/mol. The zero-order chi connectivity index (χ0) is 16.8. The van der Waals surface area contributed by atoms with Crippen LogP contribution in [0, 0.1) is 0 Å². The van der Waals surface area contributed by atoms with Gasteiger partial charge in [-0.2, -0.15) is 0 Å². The Balaban J connectivity index is 0.000000173. The molecule has 2 saturated carbocycles. The van der Waals surface area contributed by atoms with E-state index in [1.807, 2.05) is 36.7 Å². The molecule has 4 nitrogen and oxygen atoms in total. The molecule has 0 saturated heterocycles. The van der Waals surface area contributed by atoms with Crippen molar-refractivity contribution < 1.29 is 26.7 Å². The van der Waals surface area contributed by atoms with Crippen molar-refractivity contribution in [1.29, 1.82) is 0 Å². The Bertz CT molecular complexity index is 630. The van der Waals surface area contributed by atoms with Crippen molar-refractivity contribution >= 4 is 11.6 Å². The molecule has 0 atom stereocenters. The molecule has 0 spiro atoms. The van der Waals surface area contributed by atoms with Crippen molar-refractivity contribution in [2.75, 3.05) is 0 Å². The summed E-state index contributed by atoms with van der Waals surface area (Å²) in [5, 5.41) is 6.38. The van der Waals surface area contributed by atoms with Gasteiger partial charge in [-0.1, -0.05) is 24.3 Å². The summed E-state index contributed by atoms with van der Waals surface area (Å²) in [5.41, 5.74) is 1.51. The predicted octanol–water partition coefficient (Wildman–Crippen LogP) is 2.63. The van der Waals surface area contributed by atoms with Crippen LogP contribution < -0.4 is 10.6 Å². The number of carbonyl (C=O) groups excluding carboxylic acids is 2. The average molecular weight is 386 g/mol. The molecule has 25 heavy (non-hydrogen) atoms. The minimum atomic E-state index is 0. The number of rotatable bonds is 4. The van der Waals surface area contributed by atoms with E-state index in [0.29, 0.717) is 12.1 Å². The van der Waals surface area contributed by atoms with E-state index in [-0.39, 0.29) is 28.6 Å². The van der Waals surface area contributed by atoms with Crippen LogP contribution in [0.25, 0.3) is 0 Å². The summed E-state index contributed by atoms with van der Waals surface area (Å²) in [6.07, 6.45) is 22.7. The van der Waals surface area contributed by atoms with Gasteiger partial charge in [0.25, 0.3) is 0 Å². The Kier molecular flexibility index (Phi) is 7.23. The Morgan fingerprint density at radius 3 is 1.36 bits per heavy atom. The van der Waals surface area contributed by atoms with Gasteiger partial charge in [0.05, 0.1) is 0 Å². The molecule has 0 aliphatic heterocycles. The molecule has 0 heterocycles. The second kappa shape index (κ2) is 9.40. The Hall–Kier alpha value is -2.10. The van der Waals surface area contributed by atoms with Crippen molar-refractivity contribution in [1.82, 2.24) is 10.6 Å². The largest absolute Gasteiger partial charge is 0.388 e. The Morgan fingerprint density at radius 2 is 1.04 bits per heavy atom. The maximum Gasteiger partial charge on any atom is 0.187 e. The van der Waals surface area contributed by atoms with Crippen LogP contribution in [0.2, 0.25) is 0 Å². The van der Waals surface area contributed by atoms with E-state index in [2.05, 4.69) is 10.6 Å². The van der Waals surface area contributed by atoms with Gasteiger partial charge in [-0.3, -0.25) is 9.59 Å². The van der Waals surface area contributed by atoms with E-state index < -0.39 is 0 Å². The molecule has 5 heteroatoms. The third kappa shape index (κ3) is 6.73. The van der Waals surface area contributed by atoms with Crippen molar-refractivity contribution in [2.45, 2.75) is 37.8 Å². The van der Waals surface area contributed by atoms with Crippen molar-refractivity contribution in [2.24, 2.45) is 0 Å². The van der Waals surface area contributed by atoms with Gasteiger partial charge in [0.2, 0.25) is 0 Å². The van der Waals surface area contributed by atoms with Gasteiger partial charge < -0.3 is 10.6 Å². The summed E-state index contributed by atoms with van der Waals surface area (Å²) in [6.45, 7) is 0. The van der Waals surface area contributed by atoms with Crippen LogP contribution in [0.4, 0.5) is 0 Å². The zero-order valence-electron chi connectivity index (χ0n) is 13.9. The minimum Gasteiger partial charge on any atom is -0.388 e. The minimum absolute atomic E-state index is 0. The molecule has 0 aromatic heterocycles. The third-order valence-corrected chi connectivity index (χ3v) is 3.94. The maximum atomic E-state index is 11.2. The quantitative estimate of drug-likeness (QED) is 0.577. The summed E-state index contributed by atoms with van der Waals surface area (Å²) in [7, 11) is 0. The van der Waals surface area contributed by atoms with Gasteiger partial charge in [-0.05, 0) is 50.0 Å². The number of ketones is 2. The van der Waals surface area contributed by atoms with E-state index in [0.717, 1.165) is 11.1 Å². The first kappa shape index (κ1) is 19.2. The zero-order valence-corrected chi connectivity index (χ0v) is 14.8. The van der Waals surface area contributed by atoms with Crippen LogP contribution >= 0.6 is 0 Å². The van der Waals surface area contributed by atoms with Crippen LogP contribution in [-0.4, -0.2) is 23.7 Å². The SMILES string of the molecule is O=C1C=CC=CC1=CNC1CC1.O=C1C=CC=CC1=CNC1CC1.[Cu]. The van der Waals surface area contributed by atoms with Crippen molar-refractivity contribution in [3.05, 3.63) is 72.2 Å². The number of hydrogen-bond donors (Lipinski definition) is 2. The fourth-order valence-corrected chi connectivity index (χ4v) is 2.11. The molecular weight excluding hydrogens is 364 g/mol. The Morgan fingerprint density at radius 1 is 0.680 bits per heavy atom. The van der Waals surface area contributed by atoms with Gasteiger partial charge in [0, 0.05) is 52.7 Å². The molecule has 4 aliphatic carbocycles. The first-order valence-corrected chi connectivity index (χ1v) is 8.43. The first-order chi connectivity index (χ1) is 11.7. The van der Waals surface area contributed by atoms with Crippen LogP contribution in [0.5, 0.6) is 0 Å². The maximum absolute atomic E-state index is 11.2. The van der Waals surface area contributed by atoms with E-state index in [4.69, 9.17) is 0 Å². The van der Waals surface area contributed by atoms with Gasteiger partial charge in [0.1, 0.15) is 0 Å². The molecule has 0 unspecified atom stereocenters. The molecule has 0 bridgehead atoms. The second-order valence-corrected chi connectivity index (χ2v) is 6.25. The molecule has 2 fully saturated rings. The standard InChI is InChI=1S/2C10H11NO.Cu/c2*12-10-4-2-1-3-8(10)7-11-9-5-6-9;/h2*1-4,7,9,11H,5-6H2;. The number of hydrogen-bond acceptors (Lipinski definition) is 4. The van der Waals surface area contributed by atoms with Gasteiger partial charge in [-0.15, -0.1) is 0 Å². The summed E-state index contributed by atoms with van der Waals surface area (Å²) < 4.78 is 0. The Labute approximate surface area is 159 Å². The number of allylic oxidation sites excluding steroid dienone is 10. The number of carbonyl (C=O) groups is 2.